The van der Waals surface area contributed by atoms with Crippen molar-refractivity contribution < 1.29 is 9.53 Å². The molecular formula is C12H17NO2. The van der Waals surface area contributed by atoms with Crippen molar-refractivity contribution in [2.24, 2.45) is 0 Å². The van der Waals surface area contributed by atoms with Crippen molar-refractivity contribution in [3.8, 4) is 0 Å². The summed E-state index contributed by atoms with van der Waals surface area (Å²) in [6, 6.07) is 7.38. The van der Waals surface area contributed by atoms with Gasteiger partial charge in [0.15, 0.2) is 0 Å². The van der Waals surface area contributed by atoms with Crippen molar-refractivity contribution in [1.82, 2.24) is 0 Å². The zero-order valence-electron chi connectivity index (χ0n) is 9.19. The quantitative estimate of drug-likeness (QED) is 0.609. The van der Waals surface area contributed by atoms with Gasteiger partial charge in [-0.2, -0.15) is 0 Å². The van der Waals surface area contributed by atoms with E-state index >= 15 is 0 Å². The van der Waals surface area contributed by atoms with Crippen molar-refractivity contribution in [3.63, 3.8) is 0 Å². The van der Waals surface area contributed by atoms with Crippen LogP contribution in [0.5, 0.6) is 0 Å². The van der Waals surface area contributed by atoms with Crippen LogP contribution in [0, 0.1) is 0 Å². The molecule has 0 saturated heterocycles. The number of esters is 1. The molecule has 0 saturated carbocycles. The van der Waals surface area contributed by atoms with Crippen LogP contribution in [-0.4, -0.2) is 13.1 Å². The van der Waals surface area contributed by atoms with Crippen LogP contribution in [0.15, 0.2) is 24.3 Å². The van der Waals surface area contributed by atoms with E-state index in [1.54, 1.807) is 12.1 Å². The number of nitrogens with two attached hydrogens (primary N) is 1. The predicted octanol–water partition coefficient (Wildman–Crippen LogP) is 2.33. The second kappa shape index (κ2) is 5.39. The van der Waals surface area contributed by atoms with Crippen molar-refractivity contribution >= 4 is 11.7 Å². The molecule has 0 heterocycles. The van der Waals surface area contributed by atoms with Crippen LogP contribution in [0.4, 0.5) is 5.69 Å². The zero-order chi connectivity index (χ0) is 11.3. The first-order chi connectivity index (χ1) is 7.19. The number of carbonyl (C=O) groups excluding carboxylic acids is 1. The minimum Gasteiger partial charge on any atom is -0.469 e. The van der Waals surface area contributed by atoms with Gasteiger partial charge in [0.25, 0.3) is 0 Å². The average Bonchev–Trinajstić information content (AvgIpc) is 2.26. The van der Waals surface area contributed by atoms with Crippen LogP contribution in [0.2, 0.25) is 0 Å². The Morgan fingerprint density at radius 3 is 2.47 bits per heavy atom. The molecule has 0 bridgehead atoms. The van der Waals surface area contributed by atoms with E-state index in [-0.39, 0.29) is 11.9 Å². The molecule has 2 N–H and O–H groups in total. The number of hydrogen-bond acceptors (Lipinski definition) is 3. The fourth-order valence-corrected chi connectivity index (χ4v) is 1.58. The van der Waals surface area contributed by atoms with E-state index in [9.17, 15) is 4.79 Å². The predicted molar refractivity (Wildman–Crippen MR) is 60.5 cm³/mol. The molecular weight excluding hydrogens is 190 g/mol. The standard InChI is InChI=1S/C12H17NO2/c1-3-4-11(12(14)15-2)9-5-7-10(13)8-6-9/h5-8,11H,3-4,13H2,1-2H3. The van der Waals surface area contributed by atoms with Crippen molar-refractivity contribution in [2.45, 2.75) is 25.7 Å². The van der Waals surface area contributed by atoms with Gasteiger partial charge < -0.3 is 10.5 Å². The maximum Gasteiger partial charge on any atom is 0.313 e. The summed E-state index contributed by atoms with van der Waals surface area (Å²) in [7, 11) is 1.42. The highest BCUT2D eigenvalue weighted by Gasteiger charge is 2.19. The SMILES string of the molecule is CCCC(C(=O)OC)c1ccc(N)cc1. The number of benzene rings is 1. The van der Waals surface area contributed by atoms with Crippen LogP contribution in [0.1, 0.15) is 31.2 Å². The van der Waals surface area contributed by atoms with E-state index in [2.05, 4.69) is 0 Å². The van der Waals surface area contributed by atoms with Crippen LogP contribution in [-0.2, 0) is 9.53 Å². The maximum absolute atomic E-state index is 11.5. The maximum atomic E-state index is 11.5. The highest BCUT2D eigenvalue weighted by atomic mass is 16.5. The number of nitrogen functional groups attached to an aromatic ring is 1. The third kappa shape index (κ3) is 2.98. The van der Waals surface area contributed by atoms with Gasteiger partial charge in [-0.15, -0.1) is 0 Å². The summed E-state index contributed by atoms with van der Waals surface area (Å²) < 4.78 is 4.78. The molecule has 1 rings (SSSR count). The lowest BCUT2D eigenvalue weighted by Crippen LogP contribution is -2.14. The summed E-state index contributed by atoms with van der Waals surface area (Å²) in [5, 5.41) is 0. The highest BCUT2D eigenvalue weighted by Crippen LogP contribution is 2.23. The Kier molecular flexibility index (Phi) is 4.16. The Labute approximate surface area is 90.2 Å². The van der Waals surface area contributed by atoms with E-state index in [1.807, 2.05) is 19.1 Å². The van der Waals surface area contributed by atoms with Gasteiger partial charge in [-0.05, 0) is 24.1 Å². The molecule has 15 heavy (non-hydrogen) atoms. The smallest absolute Gasteiger partial charge is 0.313 e. The number of anilines is 1. The highest BCUT2D eigenvalue weighted by molar-refractivity contribution is 5.78. The molecule has 1 aromatic carbocycles. The lowest BCUT2D eigenvalue weighted by atomic mass is 9.94. The van der Waals surface area contributed by atoms with E-state index in [1.165, 1.54) is 7.11 Å². The largest absolute Gasteiger partial charge is 0.469 e. The minimum absolute atomic E-state index is 0.166. The van der Waals surface area contributed by atoms with Crippen LogP contribution >= 0.6 is 0 Å². The molecule has 3 heteroatoms. The van der Waals surface area contributed by atoms with Gasteiger partial charge in [0.05, 0.1) is 13.0 Å². The summed E-state index contributed by atoms with van der Waals surface area (Å²) in [4.78, 5) is 11.5. The molecule has 82 valence electrons. The van der Waals surface area contributed by atoms with Crippen molar-refractivity contribution in [2.75, 3.05) is 12.8 Å². The molecule has 0 aliphatic rings. The molecule has 1 unspecified atom stereocenters. The second-order valence-electron chi connectivity index (χ2n) is 3.53. The van der Waals surface area contributed by atoms with Gasteiger partial charge in [-0.1, -0.05) is 25.5 Å². The van der Waals surface area contributed by atoms with Crippen molar-refractivity contribution in [3.05, 3.63) is 29.8 Å². The topological polar surface area (TPSA) is 52.3 Å². The third-order valence-corrected chi connectivity index (χ3v) is 2.40. The number of rotatable bonds is 4. The first-order valence-corrected chi connectivity index (χ1v) is 5.12. The van der Waals surface area contributed by atoms with Gasteiger partial charge >= 0.3 is 5.97 Å². The summed E-state index contributed by atoms with van der Waals surface area (Å²) in [5.41, 5.74) is 7.27. The molecule has 1 atom stereocenters. The zero-order valence-corrected chi connectivity index (χ0v) is 9.19. The van der Waals surface area contributed by atoms with Crippen LogP contribution in [0.3, 0.4) is 0 Å². The van der Waals surface area contributed by atoms with E-state index in [0.29, 0.717) is 5.69 Å². The Morgan fingerprint density at radius 2 is 2.00 bits per heavy atom. The lowest BCUT2D eigenvalue weighted by Gasteiger charge is -2.13. The first-order valence-electron chi connectivity index (χ1n) is 5.12. The Morgan fingerprint density at radius 1 is 1.40 bits per heavy atom. The van der Waals surface area contributed by atoms with Crippen LogP contribution in [0.25, 0.3) is 0 Å². The Balaban J connectivity index is 2.88. The molecule has 0 fully saturated rings. The summed E-state index contributed by atoms with van der Waals surface area (Å²) in [6.45, 7) is 2.05. The van der Waals surface area contributed by atoms with E-state index in [0.717, 1.165) is 18.4 Å². The first kappa shape index (κ1) is 11.6. The monoisotopic (exact) mass is 207 g/mol. The molecule has 0 aliphatic heterocycles. The number of hydrogen-bond donors (Lipinski definition) is 1. The number of carbonyl (C=O) groups is 1. The average molecular weight is 207 g/mol. The van der Waals surface area contributed by atoms with Gasteiger partial charge in [-0.25, -0.2) is 0 Å². The van der Waals surface area contributed by atoms with E-state index < -0.39 is 0 Å². The number of methoxy groups -OCH3 is 1. The molecule has 1 aromatic rings. The fraction of sp³-hybridized carbons (Fsp3) is 0.417. The van der Waals surface area contributed by atoms with Gasteiger partial charge in [-0.3, -0.25) is 4.79 Å². The van der Waals surface area contributed by atoms with Crippen LogP contribution < -0.4 is 5.73 Å². The Hall–Kier alpha value is -1.51. The Bertz CT molecular complexity index is 319. The molecule has 0 aromatic heterocycles. The molecule has 0 amide bonds. The molecule has 0 spiro atoms. The normalized spacial score (nSPS) is 12.1. The molecule has 0 aliphatic carbocycles. The molecule has 3 nitrogen and oxygen atoms in total. The number of ether oxygens (including phenoxy) is 1. The van der Waals surface area contributed by atoms with Gasteiger partial charge in [0, 0.05) is 5.69 Å². The van der Waals surface area contributed by atoms with Crippen molar-refractivity contribution in [1.29, 1.82) is 0 Å². The third-order valence-electron chi connectivity index (χ3n) is 2.40. The lowest BCUT2D eigenvalue weighted by molar-refractivity contribution is -0.142. The van der Waals surface area contributed by atoms with E-state index in [4.69, 9.17) is 10.5 Å². The summed E-state index contributed by atoms with van der Waals surface area (Å²) >= 11 is 0. The fourth-order valence-electron chi connectivity index (χ4n) is 1.58. The minimum atomic E-state index is -0.179. The molecule has 0 radical (unpaired) electrons. The van der Waals surface area contributed by atoms with Gasteiger partial charge in [0.1, 0.15) is 0 Å². The summed E-state index contributed by atoms with van der Waals surface area (Å²) in [5.74, 6) is -0.345. The summed E-state index contributed by atoms with van der Waals surface area (Å²) in [6.07, 6.45) is 1.75. The van der Waals surface area contributed by atoms with Gasteiger partial charge in [0.2, 0.25) is 0 Å². The second-order valence-corrected chi connectivity index (χ2v) is 3.53.